The molecular weight excluding hydrogens is 792 g/mol. The van der Waals surface area contributed by atoms with Gasteiger partial charge in [-0.05, 0) is 77.7 Å². The van der Waals surface area contributed by atoms with Crippen LogP contribution in [0.3, 0.4) is 0 Å². The fourth-order valence-corrected chi connectivity index (χ4v) is 6.38. The first-order chi connectivity index (χ1) is 23.1. The van der Waals surface area contributed by atoms with Gasteiger partial charge in [-0.1, -0.05) is 44.5 Å². The van der Waals surface area contributed by atoms with Gasteiger partial charge in [0.25, 0.3) is 0 Å². The van der Waals surface area contributed by atoms with Crippen LogP contribution in [0.2, 0.25) is 0 Å². The van der Waals surface area contributed by atoms with E-state index < -0.39 is 0 Å². The Kier molecular flexibility index (Phi) is 9.17. The molecule has 0 aliphatic rings. The second-order valence-corrected chi connectivity index (χ2v) is 13.1. The van der Waals surface area contributed by atoms with Gasteiger partial charge in [-0.3, -0.25) is 4.68 Å². The summed E-state index contributed by atoms with van der Waals surface area (Å²) in [4.78, 5) is 4.78. The number of nitrogens with zero attached hydrogens (tertiary/aromatic N) is 4. The number of hydrogen-bond acceptors (Lipinski definition) is 5. The van der Waals surface area contributed by atoms with Crippen molar-refractivity contribution in [1.29, 1.82) is 0 Å². The molecule has 0 saturated heterocycles. The van der Waals surface area contributed by atoms with E-state index in [-0.39, 0.29) is 26.5 Å². The van der Waals surface area contributed by atoms with Gasteiger partial charge in [-0.25, -0.2) is 4.98 Å². The Labute approximate surface area is 301 Å². The van der Waals surface area contributed by atoms with Crippen LogP contribution in [-0.2, 0) is 26.5 Å². The van der Waals surface area contributed by atoms with Crippen molar-refractivity contribution < 1.29 is 35.3 Å². The van der Waals surface area contributed by atoms with Crippen molar-refractivity contribution in [2.24, 2.45) is 0 Å². The maximum Gasteiger partial charge on any atom is 2.00 e. The second kappa shape index (κ2) is 13.2. The van der Waals surface area contributed by atoms with Crippen molar-refractivity contribution in [3.8, 4) is 45.6 Å². The van der Waals surface area contributed by atoms with Crippen LogP contribution in [-0.4, -0.2) is 33.6 Å². The van der Waals surface area contributed by atoms with Crippen molar-refractivity contribution in [2.45, 2.75) is 47.0 Å². The zero-order chi connectivity index (χ0) is 33.7. The predicted molar refractivity (Wildman–Crippen MR) is 191 cm³/mol. The fourth-order valence-electron chi connectivity index (χ4n) is 6.38. The standard InChI is InChI=1S/C41H38N4O3.Pt/c1-25-26(2)39(46-7)38(40(47-8)27(25)3)28-23-43-44(24-28)30-12-11-13-31(21-30)48-32-16-17-34-33-14-9-10-15-35(33)45(36(34)22-32)37-20-29(18-19-42-37)41(4,5)6;/h9-20,23-24H,1-8H3;/q-2;+2. The molecule has 0 N–H and O–H groups in total. The fraction of sp³-hybridized carbons (Fsp3) is 0.220. The van der Waals surface area contributed by atoms with Crippen molar-refractivity contribution in [3.63, 3.8) is 0 Å². The average molecular weight is 830 g/mol. The summed E-state index contributed by atoms with van der Waals surface area (Å²) < 4.78 is 22.1. The Balaban J connectivity index is 0.00000417. The minimum Gasteiger partial charge on any atom is -0.509 e. The van der Waals surface area contributed by atoms with Crippen LogP contribution in [0.4, 0.5) is 0 Å². The number of ether oxygens (including phenoxy) is 3. The second-order valence-electron chi connectivity index (χ2n) is 13.1. The molecule has 3 heterocycles. The minimum atomic E-state index is -0.0131. The molecule has 0 unspecified atom stereocenters. The van der Waals surface area contributed by atoms with Crippen LogP contribution in [0, 0.1) is 32.9 Å². The first kappa shape index (κ1) is 34.0. The van der Waals surface area contributed by atoms with Gasteiger partial charge in [0.05, 0.1) is 26.0 Å². The van der Waals surface area contributed by atoms with Gasteiger partial charge in [-0.2, -0.15) is 17.2 Å². The van der Waals surface area contributed by atoms with Gasteiger partial charge >= 0.3 is 21.1 Å². The van der Waals surface area contributed by atoms with Gasteiger partial charge in [0.2, 0.25) is 0 Å². The van der Waals surface area contributed by atoms with E-state index in [0.717, 1.165) is 72.6 Å². The van der Waals surface area contributed by atoms with Gasteiger partial charge in [0, 0.05) is 35.0 Å². The number of pyridine rings is 1. The topological polar surface area (TPSA) is 63.3 Å². The summed E-state index contributed by atoms with van der Waals surface area (Å²) in [6.45, 7) is 12.8. The Morgan fingerprint density at radius 2 is 1.47 bits per heavy atom. The monoisotopic (exact) mass is 829 g/mol. The molecule has 3 aromatic heterocycles. The maximum atomic E-state index is 6.40. The largest absolute Gasteiger partial charge is 2.00 e. The molecule has 8 heteroatoms. The number of rotatable bonds is 7. The van der Waals surface area contributed by atoms with Crippen molar-refractivity contribution in [3.05, 3.63) is 120 Å². The quantitative estimate of drug-likeness (QED) is 0.150. The third-order valence-electron chi connectivity index (χ3n) is 9.16. The first-order valence-corrected chi connectivity index (χ1v) is 16.0. The SMILES string of the molecule is COc1c(C)c(C)c(C)c(OC)c1-c1cnn(-c2[c-]c(Oc3[c-]c4c(cc3)c3ccccc3n4-c3cc(C(C)(C)C)ccn3)ccc2)c1.[Pt+2]. The molecule has 7 aromatic rings. The van der Waals surface area contributed by atoms with Crippen LogP contribution in [0.1, 0.15) is 43.0 Å². The molecule has 0 aliphatic carbocycles. The van der Waals surface area contributed by atoms with Gasteiger partial charge < -0.3 is 18.8 Å². The first-order valence-electron chi connectivity index (χ1n) is 16.0. The average Bonchev–Trinajstić information content (AvgIpc) is 3.70. The minimum absolute atomic E-state index is 0. The normalized spacial score (nSPS) is 11.5. The van der Waals surface area contributed by atoms with Crippen molar-refractivity contribution in [2.75, 3.05) is 14.2 Å². The zero-order valence-corrected chi connectivity index (χ0v) is 31.2. The molecular formula is C41H38N4O3Pt. The number of hydrogen-bond donors (Lipinski definition) is 0. The molecule has 0 spiro atoms. The Morgan fingerprint density at radius 3 is 2.18 bits per heavy atom. The maximum absolute atomic E-state index is 6.40. The number of para-hydroxylation sites is 1. The summed E-state index contributed by atoms with van der Waals surface area (Å²) in [6, 6.07) is 29.3. The predicted octanol–water partition coefficient (Wildman–Crippen LogP) is 9.66. The molecule has 0 radical (unpaired) electrons. The third kappa shape index (κ3) is 6.02. The van der Waals surface area contributed by atoms with Crippen LogP contribution in [0.25, 0.3) is 44.4 Å². The van der Waals surface area contributed by atoms with Gasteiger partial charge in [0.1, 0.15) is 17.3 Å². The van der Waals surface area contributed by atoms with E-state index in [0.29, 0.717) is 11.5 Å². The summed E-state index contributed by atoms with van der Waals surface area (Å²) >= 11 is 0. The molecule has 7 rings (SSSR count). The molecule has 0 saturated carbocycles. The van der Waals surface area contributed by atoms with E-state index in [1.807, 2.05) is 42.9 Å². The van der Waals surface area contributed by atoms with Crippen LogP contribution in [0.15, 0.2) is 85.3 Å². The smallest absolute Gasteiger partial charge is 0.509 e. The molecule has 0 bridgehead atoms. The van der Waals surface area contributed by atoms with E-state index in [1.165, 1.54) is 5.56 Å². The van der Waals surface area contributed by atoms with E-state index in [1.54, 1.807) is 18.9 Å². The Morgan fingerprint density at radius 1 is 0.755 bits per heavy atom. The van der Waals surface area contributed by atoms with Crippen LogP contribution in [0.5, 0.6) is 23.0 Å². The van der Waals surface area contributed by atoms with Crippen molar-refractivity contribution in [1.82, 2.24) is 19.3 Å². The number of fused-ring (bicyclic) bond motifs is 3. The summed E-state index contributed by atoms with van der Waals surface area (Å²) in [6.07, 6.45) is 5.66. The zero-order valence-electron chi connectivity index (χ0n) is 28.9. The number of aromatic nitrogens is 4. The van der Waals surface area contributed by atoms with E-state index in [4.69, 9.17) is 19.2 Å². The van der Waals surface area contributed by atoms with Gasteiger partial charge in [0.15, 0.2) is 0 Å². The Hall–Kier alpha value is -4.87. The third-order valence-corrected chi connectivity index (χ3v) is 9.16. The summed E-state index contributed by atoms with van der Waals surface area (Å²) in [5.74, 6) is 3.52. The van der Waals surface area contributed by atoms with Crippen molar-refractivity contribution >= 4 is 21.8 Å². The summed E-state index contributed by atoms with van der Waals surface area (Å²) in [7, 11) is 3.37. The molecule has 0 fully saturated rings. The molecule has 250 valence electrons. The van der Waals surface area contributed by atoms with E-state index in [2.05, 4.69) is 106 Å². The molecule has 4 aromatic carbocycles. The molecule has 0 amide bonds. The molecule has 0 aliphatic heterocycles. The molecule has 49 heavy (non-hydrogen) atoms. The van der Waals surface area contributed by atoms with Gasteiger partial charge in [-0.15, -0.1) is 35.7 Å². The van der Waals surface area contributed by atoms with Crippen LogP contribution < -0.4 is 14.2 Å². The molecule has 7 nitrogen and oxygen atoms in total. The number of benzene rings is 4. The van der Waals surface area contributed by atoms with E-state index >= 15 is 0 Å². The van der Waals surface area contributed by atoms with E-state index in [9.17, 15) is 0 Å². The summed E-state index contributed by atoms with van der Waals surface area (Å²) in [5.41, 5.74) is 8.94. The number of methoxy groups -OCH3 is 2. The van der Waals surface area contributed by atoms with Crippen LogP contribution >= 0.6 is 0 Å². The molecule has 0 atom stereocenters. The Bertz CT molecular complexity index is 2300. The summed E-state index contributed by atoms with van der Waals surface area (Å²) in [5, 5.41) is 6.89.